The molecule has 2 N–H and O–H groups in total. The van der Waals surface area contributed by atoms with E-state index in [0.717, 1.165) is 0 Å². The highest BCUT2D eigenvalue weighted by molar-refractivity contribution is 6.16. The first-order valence-corrected chi connectivity index (χ1v) is 12.5. The summed E-state index contributed by atoms with van der Waals surface area (Å²) in [4.78, 5) is 44.9. The summed E-state index contributed by atoms with van der Waals surface area (Å²) in [5, 5.41) is 7.55. The van der Waals surface area contributed by atoms with Crippen molar-refractivity contribution >= 4 is 34.5 Å². The molecule has 2 aliphatic heterocycles. The van der Waals surface area contributed by atoms with E-state index in [2.05, 4.69) is 35.1 Å². The Balaban J connectivity index is 1.37. The minimum absolute atomic E-state index is 0.0442. The molecule has 11 nitrogen and oxygen atoms in total. The zero-order chi connectivity index (χ0) is 28.5. The van der Waals surface area contributed by atoms with Crippen LogP contribution in [0, 0.1) is 6.92 Å². The van der Waals surface area contributed by atoms with Gasteiger partial charge in [0.1, 0.15) is 28.8 Å². The highest BCUT2D eigenvalue weighted by Crippen LogP contribution is 2.53. The lowest BCUT2D eigenvalue weighted by molar-refractivity contribution is -0.274. The van der Waals surface area contributed by atoms with Crippen molar-refractivity contribution in [2.24, 2.45) is 0 Å². The van der Waals surface area contributed by atoms with Gasteiger partial charge in [0.05, 0.1) is 18.6 Å². The third-order valence-electron chi connectivity index (χ3n) is 7.31. The first-order valence-electron chi connectivity index (χ1n) is 12.5. The number of aryl methyl sites for hydroxylation is 1. The number of anilines is 2. The zero-order valence-corrected chi connectivity index (χ0v) is 21.2. The van der Waals surface area contributed by atoms with Gasteiger partial charge in [0, 0.05) is 17.7 Å². The van der Waals surface area contributed by atoms with Crippen molar-refractivity contribution in [1.82, 2.24) is 29.7 Å². The quantitative estimate of drug-likeness (QED) is 0.341. The molecule has 0 aliphatic carbocycles. The molecule has 2 amide bonds. The number of fused-ring (bicyclic) bond motifs is 5. The van der Waals surface area contributed by atoms with E-state index in [0.29, 0.717) is 50.9 Å². The molecule has 0 saturated carbocycles. The fourth-order valence-electron chi connectivity index (χ4n) is 5.84. The molecule has 7 rings (SSSR count). The highest BCUT2D eigenvalue weighted by Gasteiger charge is 2.58. The van der Waals surface area contributed by atoms with Gasteiger partial charge in [-0.25, -0.2) is 15.0 Å². The van der Waals surface area contributed by atoms with Crippen LogP contribution >= 0.6 is 0 Å². The fourth-order valence-corrected chi connectivity index (χ4v) is 5.84. The number of hydrogen-bond donors (Lipinski definition) is 2. The molecule has 2 aromatic carbocycles. The number of H-pyrrole nitrogens is 1. The Labute approximate surface area is 229 Å². The van der Waals surface area contributed by atoms with Crippen LogP contribution < -0.4 is 15.0 Å². The number of alkyl halides is 3. The Morgan fingerprint density at radius 1 is 1.07 bits per heavy atom. The first-order chi connectivity index (χ1) is 19.7. The third-order valence-corrected chi connectivity index (χ3v) is 7.31. The maximum Gasteiger partial charge on any atom is 0.573 e. The maximum atomic E-state index is 14.5. The van der Waals surface area contributed by atoms with E-state index in [1.807, 2.05) is 0 Å². The van der Waals surface area contributed by atoms with Crippen LogP contribution in [-0.4, -0.2) is 47.9 Å². The molecule has 1 atom stereocenters. The topological polar surface area (TPSA) is 131 Å². The van der Waals surface area contributed by atoms with Crippen LogP contribution in [0.3, 0.4) is 0 Å². The lowest BCUT2D eigenvalue weighted by Gasteiger charge is -2.33. The van der Waals surface area contributed by atoms with Gasteiger partial charge in [0.15, 0.2) is 11.5 Å². The number of nitrogens with one attached hydrogen (secondary N) is 2. The van der Waals surface area contributed by atoms with E-state index in [9.17, 15) is 22.8 Å². The second-order valence-corrected chi connectivity index (χ2v) is 9.75. The first kappa shape index (κ1) is 24.7. The molecule has 2 aliphatic rings. The van der Waals surface area contributed by atoms with Crippen molar-refractivity contribution in [3.05, 3.63) is 83.6 Å². The number of ether oxygens (including phenoxy) is 1. The van der Waals surface area contributed by atoms with Crippen molar-refractivity contribution in [2.75, 3.05) is 10.2 Å². The van der Waals surface area contributed by atoms with Gasteiger partial charge in [-0.15, -0.1) is 13.2 Å². The SMILES string of the molecule is Cc1nn(-c2ncnc3nc[nH]c23)c2c1C1(CC(=O)N2)C(=O)N(Cc2cccc(OC(F)(F)F)c2)c2ccccc21. The van der Waals surface area contributed by atoms with E-state index >= 15 is 0 Å². The van der Waals surface area contributed by atoms with E-state index in [-0.39, 0.29) is 13.0 Å². The van der Waals surface area contributed by atoms with Gasteiger partial charge in [-0.05, 0) is 36.2 Å². The molecular formula is C27H19F3N8O3. The van der Waals surface area contributed by atoms with Crippen molar-refractivity contribution in [1.29, 1.82) is 0 Å². The number of benzene rings is 2. The molecule has 41 heavy (non-hydrogen) atoms. The highest BCUT2D eigenvalue weighted by atomic mass is 19.4. The standard InChI is InChI=1S/C27H19F3N8O3/c1-14-20-23(38(36-14)24-21-22(32-12-31-21)33-13-34-24)35-19(39)10-26(20)17-7-2-3-8-18(17)37(25(26)40)11-15-5-4-6-16(9-15)41-27(28,29)30/h2-9,12-13H,10-11H2,1H3,(H,35,39)(H,31,32,33,34). The van der Waals surface area contributed by atoms with Crippen LogP contribution in [0.25, 0.3) is 17.0 Å². The molecule has 0 radical (unpaired) electrons. The third kappa shape index (κ3) is 3.74. The van der Waals surface area contributed by atoms with Crippen molar-refractivity contribution in [3.8, 4) is 11.6 Å². The Hall–Kier alpha value is -5.27. The smallest absolute Gasteiger partial charge is 0.406 e. The van der Waals surface area contributed by atoms with Crippen molar-refractivity contribution in [3.63, 3.8) is 0 Å². The number of carbonyl (C=O) groups is 2. The summed E-state index contributed by atoms with van der Waals surface area (Å²) < 4.78 is 44.0. The minimum atomic E-state index is -4.85. The summed E-state index contributed by atoms with van der Waals surface area (Å²) in [6.45, 7) is 1.70. The summed E-state index contributed by atoms with van der Waals surface area (Å²) in [5.41, 5.74) is 2.05. The maximum absolute atomic E-state index is 14.5. The van der Waals surface area contributed by atoms with Crippen LogP contribution in [0.2, 0.25) is 0 Å². The van der Waals surface area contributed by atoms with Gasteiger partial charge in [-0.1, -0.05) is 30.3 Å². The molecular weight excluding hydrogens is 541 g/mol. The number of amides is 2. The van der Waals surface area contributed by atoms with Gasteiger partial charge in [-0.3, -0.25) is 9.59 Å². The molecule has 1 spiro atoms. The molecule has 3 aromatic heterocycles. The van der Waals surface area contributed by atoms with Gasteiger partial charge in [0.25, 0.3) is 0 Å². The number of nitrogens with zero attached hydrogens (tertiary/aromatic N) is 6. The summed E-state index contributed by atoms with van der Waals surface area (Å²) >= 11 is 0. The lowest BCUT2D eigenvalue weighted by Crippen LogP contribution is -2.46. The fraction of sp³-hybridized carbons (Fsp3) is 0.185. The van der Waals surface area contributed by atoms with Gasteiger partial charge in [-0.2, -0.15) is 9.78 Å². The number of aromatic nitrogens is 6. The molecule has 206 valence electrons. The predicted octanol–water partition coefficient (Wildman–Crippen LogP) is 3.92. The number of rotatable bonds is 4. The van der Waals surface area contributed by atoms with E-state index in [1.165, 1.54) is 40.4 Å². The number of carbonyl (C=O) groups excluding carboxylic acids is 2. The average molecular weight is 560 g/mol. The predicted molar refractivity (Wildman–Crippen MR) is 138 cm³/mol. The van der Waals surface area contributed by atoms with Gasteiger partial charge in [0.2, 0.25) is 11.8 Å². The second kappa shape index (κ2) is 8.61. The van der Waals surface area contributed by atoms with E-state index in [1.54, 1.807) is 37.3 Å². The van der Waals surface area contributed by atoms with Gasteiger partial charge < -0.3 is 19.9 Å². The number of halogens is 3. The van der Waals surface area contributed by atoms with Crippen LogP contribution in [0.15, 0.2) is 61.2 Å². The minimum Gasteiger partial charge on any atom is -0.406 e. The molecule has 1 unspecified atom stereocenters. The summed E-state index contributed by atoms with van der Waals surface area (Å²) in [6, 6.07) is 12.5. The number of aromatic amines is 1. The molecule has 14 heteroatoms. The van der Waals surface area contributed by atoms with E-state index < -0.39 is 29.3 Å². The Kier molecular flexibility index (Phi) is 5.20. The van der Waals surface area contributed by atoms with Crippen molar-refractivity contribution in [2.45, 2.75) is 31.7 Å². The molecule has 0 fully saturated rings. The molecule has 0 saturated heterocycles. The van der Waals surface area contributed by atoms with Crippen LogP contribution in [0.5, 0.6) is 5.75 Å². The van der Waals surface area contributed by atoms with Crippen LogP contribution in [0.1, 0.15) is 28.8 Å². The van der Waals surface area contributed by atoms with Gasteiger partial charge >= 0.3 is 6.36 Å². The lowest BCUT2D eigenvalue weighted by atomic mass is 9.70. The monoisotopic (exact) mass is 560 g/mol. The number of imidazole rings is 1. The Bertz CT molecular complexity index is 1880. The summed E-state index contributed by atoms with van der Waals surface area (Å²) in [6.07, 6.45) is -2.24. The summed E-state index contributed by atoms with van der Waals surface area (Å²) in [5.74, 6) is -0.561. The number of para-hydroxylation sites is 1. The summed E-state index contributed by atoms with van der Waals surface area (Å²) in [7, 11) is 0. The zero-order valence-electron chi connectivity index (χ0n) is 21.2. The molecule has 5 aromatic rings. The largest absolute Gasteiger partial charge is 0.573 e. The average Bonchev–Trinajstić information content (AvgIpc) is 3.59. The Morgan fingerprint density at radius 2 is 1.90 bits per heavy atom. The van der Waals surface area contributed by atoms with Crippen molar-refractivity contribution < 1.29 is 27.5 Å². The Morgan fingerprint density at radius 3 is 2.73 bits per heavy atom. The van der Waals surface area contributed by atoms with E-state index in [4.69, 9.17) is 0 Å². The molecule has 0 bridgehead atoms. The normalized spacial score (nSPS) is 18.1. The van der Waals surface area contributed by atoms with Crippen LogP contribution in [0.4, 0.5) is 24.7 Å². The second-order valence-electron chi connectivity index (χ2n) is 9.75. The number of hydrogen-bond acceptors (Lipinski definition) is 7. The molecule has 5 heterocycles. The van der Waals surface area contributed by atoms with Crippen LogP contribution in [-0.2, 0) is 21.5 Å².